The molecule has 0 heterocycles. The van der Waals surface area contributed by atoms with Crippen LogP contribution < -0.4 is 5.73 Å². The molecule has 0 saturated carbocycles. The van der Waals surface area contributed by atoms with Crippen LogP contribution in [0.2, 0.25) is 0 Å². The predicted octanol–water partition coefficient (Wildman–Crippen LogP) is 1.72. The van der Waals surface area contributed by atoms with Gasteiger partial charge in [-0.15, -0.1) is 12.4 Å². The van der Waals surface area contributed by atoms with E-state index in [-0.39, 0.29) is 12.4 Å². The standard InChI is InChI=1S/C6H13N.ClH/c1-3-4-6(2)5-7;/h4H,3,5,7H2,1-2H3;1H. The van der Waals surface area contributed by atoms with Gasteiger partial charge in [0.05, 0.1) is 0 Å². The first-order valence-electron chi connectivity index (χ1n) is 2.67. The molecule has 0 rings (SSSR count). The second kappa shape index (κ2) is 6.99. The topological polar surface area (TPSA) is 26.0 Å². The highest BCUT2D eigenvalue weighted by Crippen LogP contribution is 1.89. The van der Waals surface area contributed by atoms with E-state index in [2.05, 4.69) is 13.0 Å². The van der Waals surface area contributed by atoms with E-state index in [0.29, 0.717) is 6.54 Å². The Hall–Kier alpha value is -0.0100. The fourth-order valence-electron chi connectivity index (χ4n) is 0.432. The molecule has 0 atom stereocenters. The number of nitrogens with two attached hydrogens (primary N) is 1. The molecule has 2 N–H and O–H groups in total. The summed E-state index contributed by atoms with van der Waals surface area (Å²) in [6.45, 7) is 4.86. The van der Waals surface area contributed by atoms with Crippen molar-refractivity contribution in [3.63, 3.8) is 0 Å². The number of allylic oxidation sites excluding steroid dienone is 1. The van der Waals surface area contributed by atoms with E-state index in [1.54, 1.807) is 0 Å². The Morgan fingerprint density at radius 3 is 2.25 bits per heavy atom. The lowest BCUT2D eigenvalue weighted by atomic mass is 10.2. The molecule has 0 aromatic rings. The fraction of sp³-hybridized carbons (Fsp3) is 0.667. The van der Waals surface area contributed by atoms with E-state index >= 15 is 0 Å². The Morgan fingerprint density at radius 1 is 1.62 bits per heavy atom. The SMILES string of the molecule is CCC=C(C)CN.Cl. The fourth-order valence-corrected chi connectivity index (χ4v) is 0.432. The smallest absolute Gasteiger partial charge is 0.0134 e. The van der Waals surface area contributed by atoms with Crippen molar-refractivity contribution in [3.05, 3.63) is 11.6 Å². The summed E-state index contributed by atoms with van der Waals surface area (Å²) < 4.78 is 0. The summed E-state index contributed by atoms with van der Waals surface area (Å²) in [6.07, 6.45) is 3.24. The minimum absolute atomic E-state index is 0. The van der Waals surface area contributed by atoms with Gasteiger partial charge < -0.3 is 5.73 Å². The van der Waals surface area contributed by atoms with E-state index in [4.69, 9.17) is 5.73 Å². The molecule has 0 aromatic carbocycles. The molecule has 0 unspecified atom stereocenters. The molecule has 0 aliphatic heterocycles. The first-order valence-corrected chi connectivity index (χ1v) is 2.67. The molecular formula is C6H14ClN. The van der Waals surface area contributed by atoms with Gasteiger partial charge in [-0.1, -0.05) is 18.6 Å². The van der Waals surface area contributed by atoms with Crippen LogP contribution in [0.5, 0.6) is 0 Å². The second-order valence-electron chi connectivity index (χ2n) is 1.66. The highest BCUT2D eigenvalue weighted by Gasteiger charge is 1.76. The van der Waals surface area contributed by atoms with E-state index in [9.17, 15) is 0 Å². The number of rotatable bonds is 2. The molecule has 8 heavy (non-hydrogen) atoms. The van der Waals surface area contributed by atoms with E-state index in [1.165, 1.54) is 5.57 Å². The van der Waals surface area contributed by atoms with Crippen LogP contribution >= 0.6 is 12.4 Å². The second-order valence-corrected chi connectivity index (χ2v) is 1.66. The molecule has 2 heteroatoms. The molecule has 50 valence electrons. The zero-order valence-electron chi connectivity index (χ0n) is 5.48. The predicted molar refractivity (Wildman–Crippen MR) is 40.4 cm³/mol. The Bertz CT molecular complexity index is 68.9. The van der Waals surface area contributed by atoms with Crippen LogP contribution in [0.1, 0.15) is 20.3 Å². The van der Waals surface area contributed by atoms with E-state index in [1.807, 2.05) is 6.92 Å². The summed E-state index contributed by atoms with van der Waals surface area (Å²) in [6, 6.07) is 0. The third-order valence-electron chi connectivity index (χ3n) is 0.875. The zero-order valence-corrected chi connectivity index (χ0v) is 6.29. The molecule has 1 nitrogen and oxygen atoms in total. The third kappa shape index (κ3) is 5.99. The van der Waals surface area contributed by atoms with E-state index < -0.39 is 0 Å². The van der Waals surface area contributed by atoms with Crippen molar-refractivity contribution < 1.29 is 0 Å². The van der Waals surface area contributed by atoms with Crippen molar-refractivity contribution in [1.29, 1.82) is 0 Å². The minimum atomic E-state index is 0. The lowest BCUT2D eigenvalue weighted by Crippen LogP contribution is -1.98. The quantitative estimate of drug-likeness (QED) is 0.574. The summed E-state index contributed by atoms with van der Waals surface area (Å²) in [4.78, 5) is 0. The summed E-state index contributed by atoms with van der Waals surface area (Å²) in [5.74, 6) is 0. The van der Waals surface area contributed by atoms with Crippen LogP contribution in [-0.4, -0.2) is 6.54 Å². The molecule has 0 spiro atoms. The van der Waals surface area contributed by atoms with Crippen LogP contribution in [-0.2, 0) is 0 Å². The highest BCUT2D eigenvalue weighted by atomic mass is 35.5. The molecule has 0 aliphatic rings. The largest absolute Gasteiger partial charge is 0.327 e. The van der Waals surface area contributed by atoms with Gasteiger partial charge in [0.1, 0.15) is 0 Å². The average Bonchev–Trinajstić information content (AvgIpc) is 1.68. The maximum absolute atomic E-state index is 5.29. The Balaban J connectivity index is 0. The van der Waals surface area contributed by atoms with Crippen molar-refractivity contribution in [2.75, 3.05) is 6.54 Å². The number of hydrogen-bond donors (Lipinski definition) is 1. The Labute approximate surface area is 57.4 Å². The van der Waals surface area contributed by atoms with Crippen LogP contribution in [0.4, 0.5) is 0 Å². The Morgan fingerprint density at radius 2 is 2.12 bits per heavy atom. The molecule has 0 amide bonds. The zero-order chi connectivity index (χ0) is 5.70. The number of hydrogen-bond acceptors (Lipinski definition) is 1. The summed E-state index contributed by atoms with van der Waals surface area (Å²) in [7, 11) is 0. The molecule has 0 bridgehead atoms. The van der Waals surface area contributed by atoms with Crippen LogP contribution in [0.25, 0.3) is 0 Å². The van der Waals surface area contributed by atoms with E-state index in [0.717, 1.165) is 6.42 Å². The molecule has 0 radical (unpaired) electrons. The minimum Gasteiger partial charge on any atom is -0.327 e. The normalized spacial score (nSPS) is 10.6. The average molecular weight is 136 g/mol. The van der Waals surface area contributed by atoms with Gasteiger partial charge in [0, 0.05) is 6.54 Å². The first kappa shape index (κ1) is 10.9. The van der Waals surface area contributed by atoms with Crippen LogP contribution in [0, 0.1) is 0 Å². The molecule has 0 aromatic heterocycles. The van der Waals surface area contributed by atoms with Gasteiger partial charge in [0.2, 0.25) is 0 Å². The lowest BCUT2D eigenvalue weighted by Gasteiger charge is -1.88. The van der Waals surface area contributed by atoms with Gasteiger partial charge in [-0.25, -0.2) is 0 Å². The summed E-state index contributed by atoms with van der Waals surface area (Å²) in [5, 5.41) is 0. The third-order valence-corrected chi connectivity index (χ3v) is 0.875. The van der Waals surface area contributed by atoms with Crippen LogP contribution in [0.15, 0.2) is 11.6 Å². The maximum atomic E-state index is 5.29. The van der Waals surface area contributed by atoms with Crippen molar-refractivity contribution in [2.45, 2.75) is 20.3 Å². The van der Waals surface area contributed by atoms with Crippen LogP contribution in [0.3, 0.4) is 0 Å². The van der Waals surface area contributed by atoms with Crippen molar-refractivity contribution in [2.24, 2.45) is 5.73 Å². The lowest BCUT2D eigenvalue weighted by molar-refractivity contribution is 1.09. The van der Waals surface area contributed by atoms with Gasteiger partial charge in [-0.05, 0) is 13.3 Å². The molecule has 0 aliphatic carbocycles. The number of halogens is 1. The van der Waals surface area contributed by atoms with Crippen molar-refractivity contribution >= 4 is 12.4 Å². The molecule has 0 fully saturated rings. The van der Waals surface area contributed by atoms with Gasteiger partial charge in [0.15, 0.2) is 0 Å². The summed E-state index contributed by atoms with van der Waals surface area (Å²) >= 11 is 0. The highest BCUT2D eigenvalue weighted by molar-refractivity contribution is 5.85. The first-order chi connectivity index (χ1) is 3.31. The van der Waals surface area contributed by atoms with Gasteiger partial charge in [0.25, 0.3) is 0 Å². The van der Waals surface area contributed by atoms with Gasteiger partial charge in [-0.3, -0.25) is 0 Å². The molecular weight excluding hydrogens is 122 g/mol. The Kier molecular flexibility index (Phi) is 9.51. The monoisotopic (exact) mass is 135 g/mol. The molecule has 0 saturated heterocycles. The van der Waals surface area contributed by atoms with Crippen molar-refractivity contribution in [3.8, 4) is 0 Å². The van der Waals surface area contributed by atoms with Gasteiger partial charge in [-0.2, -0.15) is 0 Å². The summed E-state index contributed by atoms with van der Waals surface area (Å²) in [5.41, 5.74) is 6.57. The van der Waals surface area contributed by atoms with Crippen molar-refractivity contribution in [1.82, 2.24) is 0 Å². The van der Waals surface area contributed by atoms with Gasteiger partial charge >= 0.3 is 0 Å². The maximum Gasteiger partial charge on any atom is 0.0134 e.